The third-order valence-corrected chi connectivity index (χ3v) is 3.91. The zero-order chi connectivity index (χ0) is 9.53. The Hall–Kier alpha value is -0.550. The van der Waals surface area contributed by atoms with Crippen LogP contribution < -0.4 is 0 Å². The maximum Gasteiger partial charge on any atom is 0.0858 e. The molecule has 2 aliphatic carbocycles. The summed E-state index contributed by atoms with van der Waals surface area (Å²) in [6.07, 6.45) is 6.42. The largest absolute Gasteiger partial charge is 0.389 e. The number of hydrogen-bond acceptors (Lipinski definition) is 2. The van der Waals surface area contributed by atoms with Gasteiger partial charge in [-0.3, -0.25) is 0 Å². The van der Waals surface area contributed by atoms with E-state index in [4.69, 9.17) is 5.26 Å². The zero-order valence-corrected chi connectivity index (χ0v) is 8.21. The molecule has 0 aromatic heterocycles. The lowest BCUT2D eigenvalue weighted by molar-refractivity contribution is -0.0241. The second-order valence-electron chi connectivity index (χ2n) is 4.97. The van der Waals surface area contributed by atoms with Crippen molar-refractivity contribution in [3.05, 3.63) is 0 Å². The molecule has 0 saturated heterocycles. The highest BCUT2D eigenvalue weighted by Gasteiger charge is 2.57. The minimum atomic E-state index is -0.729. The van der Waals surface area contributed by atoms with Crippen LogP contribution in [0.1, 0.15) is 45.4 Å². The van der Waals surface area contributed by atoms with Crippen molar-refractivity contribution in [1.82, 2.24) is 0 Å². The molecule has 13 heavy (non-hydrogen) atoms. The molecule has 1 atom stereocenters. The smallest absolute Gasteiger partial charge is 0.0858 e. The van der Waals surface area contributed by atoms with Crippen LogP contribution in [0.15, 0.2) is 0 Å². The molecule has 0 aliphatic heterocycles. The summed E-state index contributed by atoms with van der Waals surface area (Å²) in [4.78, 5) is 0. The van der Waals surface area contributed by atoms with Crippen molar-refractivity contribution in [3.8, 4) is 6.07 Å². The van der Waals surface area contributed by atoms with Gasteiger partial charge in [-0.05, 0) is 32.1 Å². The Balaban J connectivity index is 1.98. The number of hydrogen-bond donors (Lipinski definition) is 1. The van der Waals surface area contributed by atoms with Gasteiger partial charge in [0.2, 0.25) is 0 Å². The first-order chi connectivity index (χ1) is 6.10. The molecule has 0 heterocycles. The lowest BCUT2D eigenvalue weighted by Crippen LogP contribution is -2.38. The second-order valence-corrected chi connectivity index (χ2v) is 4.97. The van der Waals surface area contributed by atoms with E-state index >= 15 is 0 Å². The highest BCUT2D eigenvalue weighted by atomic mass is 16.3. The number of rotatable bonds is 3. The topological polar surface area (TPSA) is 44.0 Å². The Morgan fingerprint density at radius 1 is 1.54 bits per heavy atom. The Bertz CT molecular complexity index is 243. The van der Waals surface area contributed by atoms with Gasteiger partial charge < -0.3 is 5.11 Å². The highest BCUT2D eigenvalue weighted by molar-refractivity contribution is 5.19. The molecule has 1 unspecified atom stereocenters. The zero-order valence-electron chi connectivity index (χ0n) is 8.21. The van der Waals surface area contributed by atoms with Gasteiger partial charge in [0.1, 0.15) is 0 Å². The van der Waals surface area contributed by atoms with Crippen molar-refractivity contribution in [3.63, 3.8) is 0 Å². The summed E-state index contributed by atoms with van der Waals surface area (Å²) < 4.78 is 0. The molecule has 1 N–H and O–H groups in total. The predicted molar refractivity (Wildman–Crippen MR) is 49.9 cm³/mol. The van der Waals surface area contributed by atoms with Crippen LogP contribution in [0.3, 0.4) is 0 Å². The van der Waals surface area contributed by atoms with Gasteiger partial charge in [0, 0.05) is 0 Å². The monoisotopic (exact) mass is 179 g/mol. The molecule has 2 heteroatoms. The van der Waals surface area contributed by atoms with Crippen LogP contribution in [0.2, 0.25) is 0 Å². The molecule has 2 rings (SSSR count). The van der Waals surface area contributed by atoms with E-state index in [-0.39, 0.29) is 5.41 Å². The molecule has 2 fully saturated rings. The minimum absolute atomic E-state index is 0.386. The molecule has 0 amide bonds. The van der Waals surface area contributed by atoms with E-state index in [1.165, 1.54) is 19.3 Å². The first-order valence-corrected chi connectivity index (χ1v) is 5.23. The summed E-state index contributed by atoms with van der Waals surface area (Å²) in [5.41, 5.74) is -1.12. The first-order valence-electron chi connectivity index (χ1n) is 5.23. The third-order valence-electron chi connectivity index (χ3n) is 3.91. The van der Waals surface area contributed by atoms with Gasteiger partial charge in [-0.25, -0.2) is 0 Å². The summed E-state index contributed by atoms with van der Waals surface area (Å²) in [6, 6.07) is 2.30. The third kappa shape index (κ3) is 1.36. The van der Waals surface area contributed by atoms with E-state index < -0.39 is 5.60 Å². The van der Waals surface area contributed by atoms with Crippen LogP contribution in [-0.4, -0.2) is 10.7 Å². The van der Waals surface area contributed by atoms with E-state index in [2.05, 4.69) is 6.07 Å². The van der Waals surface area contributed by atoms with Crippen LogP contribution >= 0.6 is 0 Å². The molecule has 0 radical (unpaired) electrons. The van der Waals surface area contributed by atoms with E-state index in [1.54, 1.807) is 0 Å². The van der Waals surface area contributed by atoms with E-state index in [1.807, 2.05) is 6.92 Å². The van der Waals surface area contributed by atoms with Gasteiger partial charge in [0.25, 0.3) is 0 Å². The average molecular weight is 179 g/mol. The molecule has 0 bridgehead atoms. The molecule has 2 aliphatic rings. The van der Waals surface area contributed by atoms with Gasteiger partial charge in [-0.1, -0.05) is 19.3 Å². The van der Waals surface area contributed by atoms with Crippen LogP contribution in [0, 0.1) is 22.7 Å². The molecule has 0 spiro atoms. The Labute approximate surface area is 79.6 Å². The Morgan fingerprint density at radius 3 is 2.46 bits per heavy atom. The first kappa shape index (κ1) is 9.02. The van der Waals surface area contributed by atoms with Crippen molar-refractivity contribution in [1.29, 1.82) is 5.26 Å². The lowest BCUT2D eigenvalue weighted by atomic mass is 9.72. The maximum absolute atomic E-state index is 10.2. The van der Waals surface area contributed by atoms with Crippen LogP contribution in [0.5, 0.6) is 0 Å². The van der Waals surface area contributed by atoms with Gasteiger partial charge in [-0.15, -0.1) is 0 Å². The fourth-order valence-electron chi connectivity index (χ4n) is 2.35. The molecular weight excluding hydrogens is 162 g/mol. The molecular formula is C11H17NO. The van der Waals surface area contributed by atoms with Crippen LogP contribution in [-0.2, 0) is 0 Å². The van der Waals surface area contributed by atoms with Crippen molar-refractivity contribution >= 4 is 0 Å². The molecule has 72 valence electrons. The van der Waals surface area contributed by atoms with Gasteiger partial charge in [-0.2, -0.15) is 5.26 Å². The van der Waals surface area contributed by atoms with Crippen molar-refractivity contribution in [2.45, 2.75) is 51.0 Å². The summed E-state index contributed by atoms with van der Waals surface area (Å²) in [7, 11) is 0. The Kier molecular flexibility index (Phi) is 1.89. The fraction of sp³-hybridized carbons (Fsp3) is 0.909. The molecule has 0 aromatic rings. The van der Waals surface area contributed by atoms with Crippen molar-refractivity contribution < 1.29 is 5.11 Å². The fourth-order valence-corrected chi connectivity index (χ4v) is 2.35. The lowest BCUT2D eigenvalue weighted by Gasteiger charge is -2.36. The minimum Gasteiger partial charge on any atom is -0.389 e. The highest BCUT2D eigenvalue weighted by Crippen LogP contribution is 2.56. The van der Waals surface area contributed by atoms with Crippen LogP contribution in [0.25, 0.3) is 0 Å². The normalized spacial score (nSPS) is 29.9. The van der Waals surface area contributed by atoms with Gasteiger partial charge >= 0.3 is 0 Å². The quantitative estimate of drug-likeness (QED) is 0.722. The van der Waals surface area contributed by atoms with E-state index in [9.17, 15) is 5.11 Å². The number of nitriles is 1. The molecule has 2 nitrogen and oxygen atoms in total. The van der Waals surface area contributed by atoms with Gasteiger partial charge in [0.15, 0.2) is 0 Å². The summed E-state index contributed by atoms with van der Waals surface area (Å²) in [6.45, 7) is 1.85. The number of nitrogens with zero attached hydrogens (tertiary/aromatic N) is 1. The maximum atomic E-state index is 10.2. The standard InChI is InChI=1S/C11H17NO/c1-10(13,7-9-3-2-4-9)11(8-12)5-6-11/h9,13H,2-7H2,1H3. The predicted octanol–water partition coefficient (Wildman–Crippen LogP) is 2.23. The summed E-state index contributed by atoms with van der Waals surface area (Å²) in [5, 5.41) is 19.2. The summed E-state index contributed by atoms with van der Waals surface area (Å²) >= 11 is 0. The molecule has 2 saturated carbocycles. The van der Waals surface area contributed by atoms with Gasteiger partial charge in [0.05, 0.1) is 17.1 Å². The van der Waals surface area contributed by atoms with Crippen molar-refractivity contribution in [2.75, 3.05) is 0 Å². The Morgan fingerprint density at radius 2 is 2.15 bits per heavy atom. The SMILES string of the molecule is CC(O)(CC1CCC1)C1(C#N)CC1. The van der Waals surface area contributed by atoms with Crippen LogP contribution in [0.4, 0.5) is 0 Å². The van der Waals surface area contributed by atoms with Crippen molar-refractivity contribution in [2.24, 2.45) is 11.3 Å². The van der Waals surface area contributed by atoms with E-state index in [0.717, 1.165) is 19.3 Å². The molecule has 0 aromatic carbocycles. The summed E-state index contributed by atoms with van der Waals surface area (Å²) in [5.74, 6) is 0.681. The second kappa shape index (κ2) is 2.72. The van der Waals surface area contributed by atoms with E-state index in [0.29, 0.717) is 5.92 Å². The number of aliphatic hydroxyl groups is 1. The average Bonchev–Trinajstić information content (AvgIpc) is 2.77.